The smallest absolute Gasteiger partial charge is 0.0630 e. The van der Waals surface area contributed by atoms with Gasteiger partial charge in [0.05, 0.1) is 6.61 Å². The summed E-state index contributed by atoms with van der Waals surface area (Å²) in [5, 5.41) is 5.59. The predicted molar refractivity (Wildman–Crippen MR) is 82.3 cm³/mol. The predicted octanol–water partition coefficient (Wildman–Crippen LogP) is 2.96. The summed E-state index contributed by atoms with van der Waals surface area (Å²) in [6.07, 6.45) is 1.17. The maximum Gasteiger partial charge on any atom is 0.0630 e. The van der Waals surface area contributed by atoms with Crippen molar-refractivity contribution in [3.63, 3.8) is 0 Å². The van der Waals surface area contributed by atoms with Gasteiger partial charge in [-0.1, -0.05) is 6.92 Å². The Balaban J connectivity index is 2.44. The van der Waals surface area contributed by atoms with Gasteiger partial charge in [0.1, 0.15) is 0 Å². The molecule has 1 heterocycles. The van der Waals surface area contributed by atoms with Crippen molar-refractivity contribution in [2.24, 2.45) is 0 Å². The van der Waals surface area contributed by atoms with Crippen LogP contribution in [0.3, 0.4) is 0 Å². The second-order valence-electron chi connectivity index (χ2n) is 4.46. The van der Waals surface area contributed by atoms with Crippen LogP contribution in [0.15, 0.2) is 15.9 Å². The SMILES string of the molecule is CCCNCC(COC)N(C)Cc1cc(Br)cs1. The fraction of sp³-hybridized carbons (Fsp3) is 0.692. The van der Waals surface area contributed by atoms with Crippen LogP contribution in [0.5, 0.6) is 0 Å². The molecular formula is C13H23BrN2OS. The highest BCUT2D eigenvalue weighted by Gasteiger charge is 2.15. The molecule has 0 aliphatic heterocycles. The summed E-state index contributed by atoms with van der Waals surface area (Å²) in [6.45, 7) is 5.96. The Bertz CT molecular complexity index is 333. The Labute approximate surface area is 123 Å². The van der Waals surface area contributed by atoms with Crippen molar-refractivity contribution in [3.8, 4) is 0 Å². The Morgan fingerprint density at radius 3 is 2.89 bits per heavy atom. The first-order valence-electron chi connectivity index (χ1n) is 6.30. The van der Waals surface area contributed by atoms with E-state index >= 15 is 0 Å². The fourth-order valence-electron chi connectivity index (χ4n) is 1.79. The molecule has 0 aliphatic carbocycles. The maximum absolute atomic E-state index is 5.31. The molecule has 0 aliphatic rings. The van der Waals surface area contributed by atoms with Crippen LogP contribution in [0.4, 0.5) is 0 Å². The summed E-state index contributed by atoms with van der Waals surface area (Å²) in [7, 11) is 3.92. The second-order valence-corrected chi connectivity index (χ2v) is 6.37. The molecule has 3 nitrogen and oxygen atoms in total. The highest BCUT2D eigenvalue weighted by atomic mass is 79.9. The number of hydrogen-bond acceptors (Lipinski definition) is 4. The first-order chi connectivity index (χ1) is 8.67. The van der Waals surface area contributed by atoms with E-state index in [2.05, 4.69) is 51.6 Å². The first kappa shape index (κ1) is 16.1. The van der Waals surface area contributed by atoms with Crippen molar-refractivity contribution in [3.05, 3.63) is 20.8 Å². The van der Waals surface area contributed by atoms with Crippen LogP contribution in [-0.2, 0) is 11.3 Å². The normalized spacial score (nSPS) is 13.2. The summed E-state index contributed by atoms with van der Waals surface area (Å²) >= 11 is 5.29. The molecule has 0 spiro atoms. The molecule has 104 valence electrons. The topological polar surface area (TPSA) is 24.5 Å². The minimum absolute atomic E-state index is 0.419. The van der Waals surface area contributed by atoms with Gasteiger partial charge in [0, 0.05) is 41.0 Å². The van der Waals surface area contributed by atoms with E-state index in [4.69, 9.17) is 4.74 Å². The molecule has 0 saturated heterocycles. The highest BCUT2D eigenvalue weighted by molar-refractivity contribution is 9.10. The average Bonchev–Trinajstić information content (AvgIpc) is 2.74. The first-order valence-corrected chi connectivity index (χ1v) is 7.97. The third kappa shape index (κ3) is 5.80. The van der Waals surface area contributed by atoms with Crippen molar-refractivity contribution in [2.75, 3.05) is 33.9 Å². The van der Waals surface area contributed by atoms with Gasteiger partial charge in [-0.3, -0.25) is 4.90 Å². The molecule has 0 radical (unpaired) electrons. The van der Waals surface area contributed by atoms with Crippen LogP contribution < -0.4 is 5.32 Å². The summed E-state index contributed by atoms with van der Waals surface area (Å²) in [5.74, 6) is 0. The van der Waals surface area contributed by atoms with E-state index in [9.17, 15) is 0 Å². The lowest BCUT2D eigenvalue weighted by atomic mass is 10.2. The molecule has 0 fully saturated rings. The quantitative estimate of drug-likeness (QED) is 0.702. The molecule has 1 N–H and O–H groups in total. The monoisotopic (exact) mass is 334 g/mol. The zero-order chi connectivity index (χ0) is 13.4. The number of hydrogen-bond donors (Lipinski definition) is 1. The standard InChI is InChI=1S/C13H23BrN2OS/c1-4-5-15-7-12(9-17-3)16(2)8-13-6-11(14)10-18-13/h6,10,12,15H,4-5,7-9H2,1-3H3. The average molecular weight is 335 g/mol. The lowest BCUT2D eigenvalue weighted by Crippen LogP contribution is -2.42. The molecule has 1 rings (SSSR count). The number of methoxy groups -OCH3 is 1. The largest absolute Gasteiger partial charge is 0.383 e. The number of ether oxygens (including phenoxy) is 1. The van der Waals surface area contributed by atoms with Crippen LogP contribution in [-0.4, -0.2) is 44.8 Å². The van der Waals surface area contributed by atoms with Crippen LogP contribution in [0, 0.1) is 0 Å². The molecule has 1 atom stereocenters. The minimum Gasteiger partial charge on any atom is -0.383 e. The van der Waals surface area contributed by atoms with E-state index in [-0.39, 0.29) is 0 Å². The third-order valence-electron chi connectivity index (χ3n) is 2.82. The number of halogens is 1. The van der Waals surface area contributed by atoms with Gasteiger partial charge >= 0.3 is 0 Å². The van der Waals surface area contributed by atoms with Crippen molar-refractivity contribution < 1.29 is 4.74 Å². The van der Waals surface area contributed by atoms with Crippen molar-refractivity contribution in [1.29, 1.82) is 0 Å². The molecule has 0 aromatic carbocycles. The number of likely N-dealkylation sites (N-methyl/N-ethyl adjacent to an activating group) is 1. The molecule has 1 aromatic rings. The van der Waals surface area contributed by atoms with Gasteiger partial charge in [0.25, 0.3) is 0 Å². The Morgan fingerprint density at radius 1 is 1.56 bits per heavy atom. The summed E-state index contributed by atoms with van der Waals surface area (Å²) in [6, 6.07) is 2.60. The van der Waals surface area contributed by atoms with Crippen LogP contribution in [0.2, 0.25) is 0 Å². The van der Waals surface area contributed by atoms with Crippen LogP contribution >= 0.6 is 27.3 Å². The molecule has 18 heavy (non-hydrogen) atoms. The van der Waals surface area contributed by atoms with E-state index in [1.165, 1.54) is 15.8 Å². The van der Waals surface area contributed by atoms with Gasteiger partial charge in [0.15, 0.2) is 0 Å². The molecule has 1 aromatic heterocycles. The summed E-state index contributed by atoms with van der Waals surface area (Å²) in [4.78, 5) is 3.73. The Kier molecular flexibility index (Phi) is 8.10. The molecular weight excluding hydrogens is 312 g/mol. The highest BCUT2D eigenvalue weighted by Crippen LogP contribution is 2.21. The molecule has 1 unspecified atom stereocenters. The number of thiophene rings is 1. The van der Waals surface area contributed by atoms with E-state index in [1.54, 1.807) is 18.4 Å². The maximum atomic E-state index is 5.31. The van der Waals surface area contributed by atoms with E-state index in [0.29, 0.717) is 6.04 Å². The molecule has 0 saturated carbocycles. The number of nitrogens with one attached hydrogen (secondary N) is 1. The van der Waals surface area contributed by atoms with E-state index < -0.39 is 0 Å². The third-order valence-corrected chi connectivity index (χ3v) is 4.50. The second kappa shape index (κ2) is 9.04. The van der Waals surface area contributed by atoms with Gasteiger partial charge in [-0.2, -0.15) is 0 Å². The van der Waals surface area contributed by atoms with E-state index in [0.717, 1.165) is 26.2 Å². The lowest BCUT2D eigenvalue weighted by Gasteiger charge is -2.27. The van der Waals surface area contributed by atoms with Crippen molar-refractivity contribution in [1.82, 2.24) is 10.2 Å². The summed E-state index contributed by atoms with van der Waals surface area (Å²) in [5.41, 5.74) is 0. The van der Waals surface area contributed by atoms with Crippen LogP contribution in [0.1, 0.15) is 18.2 Å². The van der Waals surface area contributed by atoms with Gasteiger partial charge in [0.2, 0.25) is 0 Å². The molecule has 0 bridgehead atoms. The fourth-order valence-corrected chi connectivity index (χ4v) is 3.30. The van der Waals surface area contributed by atoms with Gasteiger partial charge in [-0.25, -0.2) is 0 Å². The van der Waals surface area contributed by atoms with Gasteiger partial charge in [-0.15, -0.1) is 11.3 Å². The Morgan fingerprint density at radius 2 is 2.33 bits per heavy atom. The van der Waals surface area contributed by atoms with E-state index in [1.807, 2.05) is 0 Å². The number of nitrogens with zero attached hydrogens (tertiary/aromatic N) is 1. The summed E-state index contributed by atoms with van der Waals surface area (Å²) < 4.78 is 6.48. The minimum atomic E-state index is 0.419. The number of rotatable bonds is 9. The molecule has 0 amide bonds. The van der Waals surface area contributed by atoms with Crippen molar-refractivity contribution >= 4 is 27.3 Å². The zero-order valence-corrected chi connectivity index (χ0v) is 13.8. The zero-order valence-electron chi connectivity index (χ0n) is 11.4. The molecule has 5 heteroatoms. The van der Waals surface area contributed by atoms with Crippen LogP contribution in [0.25, 0.3) is 0 Å². The Hall–Kier alpha value is 0.0600. The van der Waals surface area contributed by atoms with Gasteiger partial charge in [-0.05, 0) is 42.0 Å². The lowest BCUT2D eigenvalue weighted by molar-refractivity contribution is 0.102. The van der Waals surface area contributed by atoms with Gasteiger partial charge < -0.3 is 10.1 Å². The van der Waals surface area contributed by atoms with Crippen molar-refractivity contribution in [2.45, 2.75) is 25.9 Å².